The van der Waals surface area contributed by atoms with Crippen molar-refractivity contribution in [3.8, 4) is 0 Å². The van der Waals surface area contributed by atoms with Crippen molar-refractivity contribution in [2.24, 2.45) is 0 Å². The molecular formula is C58H102O6. The molecule has 64 heavy (non-hydrogen) atoms. The number of rotatable bonds is 49. The average molecular weight is 895 g/mol. The summed E-state index contributed by atoms with van der Waals surface area (Å²) in [5.74, 6) is -0.879. The highest BCUT2D eigenvalue weighted by Crippen LogP contribution is 2.16. The Hall–Kier alpha value is -2.89. The molecule has 0 saturated carbocycles. The first-order chi connectivity index (χ1) is 31.5. The molecule has 370 valence electrons. The molecule has 0 saturated heterocycles. The van der Waals surface area contributed by atoms with Crippen LogP contribution in [0.1, 0.15) is 271 Å². The smallest absolute Gasteiger partial charge is 0.306 e. The van der Waals surface area contributed by atoms with Crippen molar-refractivity contribution in [1.82, 2.24) is 0 Å². The molecule has 0 bridgehead atoms. The molecule has 1 unspecified atom stereocenters. The van der Waals surface area contributed by atoms with Gasteiger partial charge in [-0.2, -0.15) is 0 Å². The largest absolute Gasteiger partial charge is 0.462 e. The minimum atomic E-state index is -0.766. The first-order valence-electron chi connectivity index (χ1n) is 27.3. The molecule has 0 rings (SSSR count). The Morgan fingerprint density at radius 2 is 0.609 bits per heavy atom. The van der Waals surface area contributed by atoms with Gasteiger partial charge in [0, 0.05) is 19.3 Å². The monoisotopic (exact) mass is 895 g/mol. The lowest BCUT2D eigenvalue weighted by molar-refractivity contribution is -0.167. The summed E-state index contributed by atoms with van der Waals surface area (Å²) in [6.07, 6.45) is 65.5. The van der Waals surface area contributed by atoms with Crippen LogP contribution in [0.15, 0.2) is 60.8 Å². The number of hydrogen-bond donors (Lipinski definition) is 0. The van der Waals surface area contributed by atoms with Crippen LogP contribution in [-0.4, -0.2) is 37.2 Å². The van der Waals surface area contributed by atoms with Crippen molar-refractivity contribution in [3.05, 3.63) is 60.8 Å². The Morgan fingerprint density at radius 3 is 0.953 bits per heavy atom. The van der Waals surface area contributed by atoms with Crippen LogP contribution in [0.4, 0.5) is 0 Å². The van der Waals surface area contributed by atoms with E-state index in [4.69, 9.17) is 14.2 Å². The van der Waals surface area contributed by atoms with E-state index in [1.165, 1.54) is 135 Å². The molecule has 6 nitrogen and oxygen atoms in total. The van der Waals surface area contributed by atoms with Crippen LogP contribution in [0.25, 0.3) is 0 Å². The summed E-state index contributed by atoms with van der Waals surface area (Å²) in [5.41, 5.74) is 0. The van der Waals surface area contributed by atoms with Crippen LogP contribution in [0, 0.1) is 0 Å². The van der Waals surface area contributed by atoms with Crippen molar-refractivity contribution >= 4 is 17.9 Å². The number of carbonyl (C=O) groups is 3. The van der Waals surface area contributed by atoms with Crippen molar-refractivity contribution in [2.45, 2.75) is 277 Å². The number of unbranched alkanes of at least 4 members (excludes halogenated alkanes) is 28. The van der Waals surface area contributed by atoms with Gasteiger partial charge in [0.2, 0.25) is 0 Å². The second kappa shape index (κ2) is 52.7. The highest BCUT2D eigenvalue weighted by Gasteiger charge is 2.19. The molecule has 1 atom stereocenters. The fourth-order valence-electron chi connectivity index (χ4n) is 7.70. The normalized spacial score (nSPS) is 12.5. The van der Waals surface area contributed by atoms with E-state index in [2.05, 4.69) is 81.5 Å². The van der Waals surface area contributed by atoms with Gasteiger partial charge < -0.3 is 14.2 Å². The Bertz CT molecular complexity index is 1170. The molecule has 0 aliphatic heterocycles. The Balaban J connectivity index is 3.99. The lowest BCUT2D eigenvalue weighted by atomic mass is 10.0. The van der Waals surface area contributed by atoms with Gasteiger partial charge in [-0.25, -0.2) is 0 Å². The number of hydrogen-bond acceptors (Lipinski definition) is 6. The van der Waals surface area contributed by atoms with Crippen LogP contribution in [-0.2, 0) is 28.6 Å². The molecule has 6 heteroatoms. The summed E-state index contributed by atoms with van der Waals surface area (Å²) in [6, 6.07) is 0. The van der Waals surface area contributed by atoms with Crippen molar-refractivity contribution in [3.63, 3.8) is 0 Å². The van der Waals surface area contributed by atoms with Gasteiger partial charge >= 0.3 is 17.9 Å². The molecule has 0 heterocycles. The maximum atomic E-state index is 12.7. The minimum Gasteiger partial charge on any atom is -0.462 e. The van der Waals surface area contributed by atoms with Crippen LogP contribution >= 0.6 is 0 Å². The molecule has 0 aliphatic rings. The zero-order chi connectivity index (χ0) is 46.5. The number of esters is 3. The lowest BCUT2D eigenvalue weighted by Gasteiger charge is -2.18. The predicted octanol–water partition coefficient (Wildman–Crippen LogP) is 18.0. The summed E-state index contributed by atoms with van der Waals surface area (Å²) >= 11 is 0. The van der Waals surface area contributed by atoms with Crippen molar-refractivity contribution < 1.29 is 28.6 Å². The molecule has 0 amide bonds. The van der Waals surface area contributed by atoms with Gasteiger partial charge in [-0.15, -0.1) is 0 Å². The van der Waals surface area contributed by atoms with Gasteiger partial charge in [0.25, 0.3) is 0 Å². The Kier molecular flexibility index (Phi) is 50.4. The quantitative estimate of drug-likeness (QED) is 0.0262. The van der Waals surface area contributed by atoms with E-state index in [1.807, 2.05) is 0 Å². The van der Waals surface area contributed by atoms with E-state index in [0.29, 0.717) is 19.3 Å². The number of allylic oxidation sites excluding steroid dienone is 10. The summed E-state index contributed by atoms with van der Waals surface area (Å²) < 4.78 is 16.7. The highest BCUT2D eigenvalue weighted by atomic mass is 16.6. The topological polar surface area (TPSA) is 78.9 Å². The third kappa shape index (κ3) is 50.1. The van der Waals surface area contributed by atoms with Gasteiger partial charge in [0.15, 0.2) is 6.10 Å². The first-order valence-corrected chi connectivity index (χ1v) is 27.3. The lowest BCUT2D eigenvalue weighted by Crippen LogP contribution is -2.30. The fraction of sp³-hybridized carbons (Fsp3) is 0.776. The van der Waals surface area contributed by atoms with E-state index in [0.717, 1.165) is 96.3 Å². The molecular weight excluding hydrogens is 793 g/mol. The van der Waals surface area contributed by atoms with Gasteiger partial charge in [-0.1, -0.05) is 248 Å². The molecule has 0 aromatic heterocycles. The standard InChI is InChI=1S/C58H102O6/c1-4-7-10-13-15-17-19-21-22-23-24-25-26-27-28-29-30-31-32-33-34-35-36-37-39-40-42-45-48-51-57(60)63-54-55(53-62-56(59)50-47-44-12-9-6-3)64-58(61)52-49-46-43-41-38-20-18-16-14-11-8-5-2/h7,10,15,17,21-22,24-25,27-28,55H,4-6,8-9,11-14,16,18-20,23,26,29-54H2,1-3H3/b10-7-,17-15-,22-21-,25-24-,28-27-. The van der Waals surface area contributed by atoms with E-state index in [1.54, 1.807) is 0 Å². The SMILES string of the molecule is CC/C=C\C/C=C\C/C=C\C/C=C\C/C=C\CCCCCCCCCCCCCCCC(=O)OCC(COC(=O)CCCCCCC)OC(=O)CCCCCCCCCCCCCC. The van der Waals surface area contributed by atoms with Crippen LogP contribution in [0.2, 0.25) is 0 Å². The fourth-order valence-corrected chi connectivity index (χ4v) is 7.70. The van der Waals surface area contributed by atoms with E-state index in [9.17, 15) is 14.4 Å². The van der Waals surface area contributed by atoms with Gasteiger partial charge in [0.1, 0.15) is 13.2 Å². The molecule has 0 spiro atoms. The Labute approximate surface area is 396 Å². The Morgan fingerprint density at radius 1 is 0.328 bits per heavy atom. The predicted molar refractivity (Wildman–Crippen MR) is 275 cm³/mol. The van der Waals surface area contributed by atoms with Gasteiger partial charge in [-0.3, -0.25) is 14.4 Å². The molecule has 0 fully saturated rings. The number of carbonyl (C=O) groups excluding carboxylic acids is 3. The molecule has 0 aromatic rings. The molecule has 0 aliphatic carbocycles. The molecule has 0 N–H and O–H groups in total. The van der Waals surface area contributed by atoms with Crippen LogP contribution in [0.3, 0.4) is 0 Å². The van der Waals surface area contributed by atoms with Crippen LogP contribution < -0.4 is 0 Å². The second-order valence-electron chi connectivity index (χ2n) is 18.1. The maximum absolute atomic E-state index is 12.7. The van der Waals surface area contributed by atoms with E-state index < -0.39 is 6.10 Å². The third-order valence-electron chi connectivity index (χ3n) is 11.8. The molecule has 0 aromatic carbocycles. The zero-order valence-corrected chi connectivity index (χ0v) is 42.3. The van der Waals surface area contributed by atoms with Crippen LogP contribution in [0.5, 0.6) is 0 Å². The van der Waals surface area contributed by atoms with Gasteiger partial charge in [-0.05, 0) is 64.2 Å². The molecule has 0 radical (unpaired) electrons. The highest BCUT2D eigenvalue weighted by molar-refractivity contribution is 5.71. The summed E-state index contributed by atoms with van der Waals surface area (Å²) in [4.78, 5) is 37.6. The van der Waals surface area contributed by atoms with Crippen molar-refractivity contribution in [1.29, 1.82) is 0 Å². The average Bonchev–Trinajstić information content (AvgIpc) is 3.29. The maximum Gasteiger partial charge on any atom is 0.306 e. The van der Waals surface area contributed by atoms with E-state index in [-0.39, 0.29) is 31.1 Å². The minimum absolute atomic E-state index is 0.0715. The zero-order valence-electron chi connectivity index (χ0n) is 42.3. The van der Waals surface area contributed by atoms with Crippen molar-refractivity contribution in [2.75, 3.05) is 13.2 Å². The van der Waals surface area contributed by atoms with Gasteiger partial charge in [0.05, 0.1) is 0 Å². The first kappa shape index (κ1) is 61.1. The summed E-state index contributed by atoms with van der Waals surface area (Å²) in [5, 5.41) is 0. The second-order valence-corrected chi connectivity index (χ2v) is 18.1. The summed E-state index contributed by atoms with van der Waals surface area (Å²) in [6.45, 7) is 6.45. The third-order valence-corrected chi connectivity index (χ3v) is 11.8. The summed E-state index contributed by atoms with van der Waals surface area (Å²) in [7, 11) is 0. The van der Waals surface area contributed by atoms with E-state index >= 15 is 0 Å². The number of ether oxygens (including phenoxy) is 3.